The highest BCUT2D eigenvalue weighted by atomic mass is 19.3. The normalized spacial score (nSPS) is 32.6. The van der Waals surface area contributed by atoms with E-state index in [0.717, 1.165) is 26.1 Å². The van der Waals surface area contributed by atoms with Crippen molar-refractivity contribution in [3.05, 3.63) is 0 Å². The van der Waals surface area contributed by atoms with Gasteiger partial charge in [0.25, 0.3) is 5.92 Å². The molecule has 0 bridgehead atoms. The Hall–Kier alpha value is -0.220. The van der Waals surface area contributed by atoms with E-state index in [9.17, 15) is 8.78 Å². The quantitative estimate of drug-likeness (QED) is 0.749. The smallest absolute Gasteiger partial charge is 0.261 e. The first-order valence-corrected chi connectivity index (χ1v) is 5.49. The molecule has 0 aromatic rings. The monoisotopic (exact) mass is 204 g/mol. The van der Waals surface area contributed by atoms with Crippen LogP contribution in [0.5, 0.6) is 0 Å². The topological polar surface area (TPSA) is 15.3 Å². The van der Waals surface area contributed by atoms with E-state index in [4.69, 9.17) is 0 Å². The second-order valence-electron chi connectivity index (χ2n) is 4.48. The number of likely N-dealkylation sites (tertiary alicyclic amines) is 1. The summed E-state index contributed by atoms with van der Waals surface area (Å²) in [7, 11) is 0. The van der Waals surface area contributed by atoms with Gasteiger partial charge in [0.1, 0.15) is 0 Å². The summed E-state index contributed by atoms with van der Waals surface area (Å²) >= 11 is 0. The number of alkyl halides is 2. The Morgan fingerprint density at radius 3 is 2.57 bits per heavy atom. The molecule has 14 heavy (non-hydrogen) atoms. The predicted octanol–water partition coefficient (Wildman–Crippen LogP) is 1.47. The first kappa shape index (κ1) is 10.3. The van der Waals surface area contributed by atoms with Crippen LogP contribution in [0.2, 0.25) is 0 Å². The largest absolute Gasteiger partial charge is 0.308 e. The summed E-state index contributed by atoms with van der Waals surface area (Å²) in [6.07, 6.45) is 3.44. The van der Waals surface area contributed by atoms with Crippen LogP contribution in [-0.4, -0.2) is 43.0 Å². The van der Waals surface area contributed by atoms with Crippen molar-refractivity contribution in [1.29, 1.82) is 0 Å². The third-order valence-electron chi connectivity index (χ3n) is 3.19. The molecule has 0 aliphatic carbocycles. The van der Waals surface area contributed by atoms with Gasteiger partial charge in [0, 0.05) is 12.5 Å². The van der Waals surface area contributed by atoms with E-state index in [1.54, 1.807) is 0 Å². The maximum Gasteiger partial charge on any atom is 0.261 e. The number of hydrogen-bond acceptors (Lipinski definition) is 2. The van der Waals surface area contributed by atoms with Gasteiger partial charge in [-0.1, -0.05) is 0 Å². The highest BCUT2D eigenvalue weighted by Gasteiger charge is 2.38. The molecule has 0 spiro atoms. The molecule has 4 heteroatoms. The van der Waals surface area contributed by atoms with Crippen molar-refractivity contribution >= 4 is 0 Å². The van der Waals surface area contributed by atoms with E-state index < -0.39 is 5.92 Å². The second-order valence-corrected chi connectivity index (χ2v) is 4.48. The first-order chi connectivity index (χ1) is 6.66. The molecule has 0 saturated carbocycles. The zero-order valence-corrected chi connectivity index (χ0v) is 8.44. The van der Waals surface area contributed by atoms with E-state index in [2.05, 4.69) is 10.2 Å². The van der Waals surface area contributed by atoms with Gasteiger partial charge in [-0.3, -0.25) is 0 Å². The maximum absolute atomic E-state index is 12.8. The lowest BCUT2D eigenvalue weighted by Crippen LogP contribution is -2.28. The van der Waals surface area contributed by atoms with Crippen LogP contribution in [-0.2, 0) is 0 Å². The summed E-state index contributed by atoms with van der Waals surface area (Å²) in [5.74, 6) is -2.46. The Bertz CT molecular complexity index is 191. The van der Waals surface area contributed by atoms with Crippen LogP contribution < -0.4 is 5.32 Å². The Kier molecular flexibility index (Phi) is 3.02. The maximum atomic E-state index is 12.8. The molecule has 0 unspecified atom stereocenters. The molecular weight excluding hydrogens is 186 g/mol. The van der Waals surface area contributed by atoms with Crippen molar-refractivity contribution in [3.63, 3.8) is 0 Å². The molecule has 0 amide bonds. The van der Waals surface area contributed by atoms with Crippen molar-refractivity contribution < 1.29 is 8.78 Å². The highest BCUT2D eigenvalue weighted by Crippen LogP contribution is 2.26. The molecule has 82 valence electrons. The van der Waals surface area contributed by atoms with Gasteiger partial charge in [0.15, 0.2) is 0 Å². The standard InChI is InChI=1S/C10H18F2N2/c11-10(12)7-9(13-8-10)3-6-14-4-1-2-5-14/h9,13H,1-8H2/t9-/m1/s1. The van der Waals surface area contributed by atoms with Crippen molar-refractivity contribution in [2.24, 2.45) is 0 Å². The van der Waals surface area contributed by atoms with Crippen LogP contribution in [0.3, 0.4) is 0 Å². The van der Waals surface area contributed by atoms with E-state index in [-0.39, 0.29) is 19.0 Å². The number of hydrogen-bond donors (Lipinski definition) is 1. The van der Waals surface area contributed by atoms with E-state index >= 15 is 0 Å². The molecule has 2 aliphatic rings. The fraction of sp³-hybridized carbons (Fsp3) is 1.00. The Labute approximate surface area is 83.7 Å². The summed E-state index contributed by atoms with van der Waals surface area (Å²) in [4.78, 5) is 2.37. The molecule has 2 aliphatic heterocycles. The summed E-state index contributed by atoms with van der Waals surface area (Å²) in [6, 6.07) is 0.0330. The van der Waals surface area contributed by atoms with E-state index in [0.29, 0.717) is 0 Å². The number of nitrogens with one attached hydrogen (secondary N) is 1. The lowest BCUT2D eigenvalue weighted by molar-refractivity contribution is 0.0206. The van der Waals surface area contributed by atoms with Crippen molar-refractivity contribution in [3.8, 4) is 0 Å². The van der Waals surface area contributed by atoms with Crippen LogP contribution in [0.15, 0.2) is 0 Å². The van der Waals surface area contributed by atoms with Crippen molar-refractivity contribution in [2.45, 2.75) is 37.6 Å². The molecule has 2 rings (SSSR count). The Balaban J connectivity index is 1.66. The van der Waals surface area contributed by atoms with Crippen LogP contribution in [0, 0.1) is 0 Å². The van der Waals surface area contributed by atoms with Gasteiger partial charge < -0.3 is 10.2 Å². The zero-order valence-electron chi connectivity index (χ0n) is 8.44. The fourth-order valence-electron chi connectivity index (χ4n) is 2.35. The van der Waals surface area contributed by atoms with Gasteiger partial charge in [0.05, 0.1) is 6.54 Å². The first-order valence-electron chi connectivity index (χ1n) is 5.49. The van der Waals surface area contributed by atoms with Crippen LogP contribution in [0.4, 0.5) is 8.78 Å². The average molecular weight is 204 g/mol. The molecule has 2 fully saturated rings. The minimum absolute atomic E-state index is 0.0286. The summed E-state index contributed by atoms with van der Waals surface area (Å²) in [5.41, 5.74) is 0. The molecule has 0 aromatic carbocycles. The third-order valence-corrected chi connectivity index (χ3v) is 3.19. The van der Waals surface area contributed by atoms with Gasteiger partial charge in [-0.25, -0.2) is 8.78 Å². The van der Waals surface area contributed by atoms with Crippen molar-refractivity contribution in [1.82, 2.24) is 10.2 Å². The minimum Gasteiger partial charge on any atom is -0.308 e. The van der Waals surface area contributed by atoms with Gasteiger partial charge in [-0.15, -0.1) is 0 Å². The molecule has 2 heterocycles. The van der Waals surface area contributed by atoms with Crippen LogP contribution in [0.25, 0.3) is 0 Å². The second kappa shape index (κ2) is 4.11. The lowest BCUT2D eigenvalue weighted by Gasteiger charge is -2.17. The molecule has 2 nitrogen and oxygen atoms in total. The molecule has 2 saturated heterocycles. The lowest BCUT2D eigenvalue weighted by atomic mass is 10.1. The predicted molar refractivity (Wildman–Crippen MR) is 51.6 cm³/mol. The SMILES string of the molecule is FC1(F)CN[C@H](CCN2CCCC2)C1. The summed E-state index contributed by atoms with van der Waals surface area (Å²) in [5, 5.41) is 2.89. The van der Waals surface area contributed by atoms with Gasteiger partial charge in [-0.2, -0.15) is 0 Å². The molecule has 1 atom stereocenters. The van der Waals surface area contributed by atoms with Crippen LogP contribution in [0.1, 0.15) is 25.7 Å². The average Bonchev–Trinajstić information content (AvgIpc) is 2.70. The van der Waals surface area contributed by atoms with Gasteiger partial charge in [-0.05, 0) is 38.9 Å². The fourth-order valence-corrected chi connectivity index (χ4v) is 2.35. The summed E-state index contributed by atoms with van der Waals surface area (Å²) < 4.78 is 25.6. The molecular formula is C10H18F2N2. The van der Waals surface area contributed by atoms with E-state index in [1.165, 1.54) is 12.8 Å². The van der Waals surface area contributed by atoms with Crippen molar-refractivity contribution in [2.75, 3.05) is 26.2 Å². The summed E-state index contributed by atoms with van der Waals surface area (Å²) in [6.45, 7) is 3.16. The molecule has 0 radical (unpaired) electrons. The molecule has 1 N–H and O–H groups in total. The number of nitrogens with zero attached hydrogens (tertiary/aromatic N) is 1. The zero-order chi connectivity index (χ0) is 10.0. The van der Waals surface area contributed by atoms with E-state index in [1.807, 2.05) is 0 Å². The number of halogens is 2. The van der Waals surface area contributed by atoms with Gasteiger partial charge >= 0.3 is 0 Å². The Morgan fingerprint density at radius 2 is 2.00 bits per heavy atom. The highest BCUT2D eigenvalue weighted by molar-refractivity contribution is 4.87. The van der Waals surface area contributed by atoms with Gasteiger partial charge in [0.2, 0.25) is 0 Å². The third kappa shape index (κ3) is 2.64. The minimum atomic E-state index is -2.46. The number of rotatable bonds is 3. The molecule has 0 aromatic heterocycles. The Morgan fingerprint density at radius 1 is 1.29 bits per heavy atom. The van der Waals surface area contributed by atoms with Crippen LogP contribution >= 0.6 is 0 Å².